The van der Waals surface area contributed by atoms with Crippen molar-refractivity contribution in [2.75, 3.05) is 13.2 Å². The summed E-state index contributed by atoms with van der Waals surface area (Å²) in [6.07, 6.45) is 2.28. The Morgan fingerprint density at radius 2 is 2.11 bits per heavy atom. The topological polar surface area (TPSA) is 42.4 Å². The first-order valence-electron chi connectivity index (χ1n) is 6.40. The second-order valence-electron chi connectivity index (χ2n) is 5.05. The molecule has 1 N–H and O–H groups in total. The summed E-state index contributed by atoms with van der Waals surface area (Å²) < 4.78 is 5.37. The van der Waals surface area contributed by atoms with Gasteiger partial charge >= 0.3 is 0 Å². The van der Waals surface area contributed by atoms with Crippen LogP contribution in [0.2, 0.25) is 0 Å². The van der Waals surface area contributed by atoms with Gasteiger partial charge in [0.1, 0.15) is 0 Å². The molecule has 1 aliphatic heterocycles. The number of rotatable bonds is 2. The molecule has 0 saturated carbocycles. The standard InChI is InChI=1S/C15H17NO2/c17-15(8-3-9-18-11-15)10-13-7-6-12-4-1-2-5-14(12)16-13/h1-2,4-7,17H,3,8-11H2. The Morgan fingerprint density at radius 1 is 1.22 bits per heavy atom. The third kappa shape index (κ3) is 2.37. The zero-order valence-corrected chi connectivity index (χ0v) is 10.3. The molecule has 1 atom stereocenters. The number of hydrogen-bond donors (Lipinski definition) is 1. The van der Waals surface area contributed by atoms with Crippen LogP contribution in [0.1, 0.15) is 18.5 Å². The van der Waals surface area contributed by atoms with Crippen molar-refractivity contribution in [1.82, 2.24) is 4.98 Å². The third-order valence-electron chi connectivity index (χ3n) is 3.47. The summed E-state index contributed by atoms with van der Waals surface area (Å²) in [5.74, 6) is 0. The first kappa shape index (κ1) is 11.6. The van der Waals surface area contributed by atoms with Gasteiger partial charge in [-0.1, -0.05) is 24.3 Å². The Bertz CT molecular complexity index is 547. The Kier molecular flexibility index (Phi) is 3.02. The lowest BCUT2D eigenvalue weighted by Crippen LogP contribution is -2.40. The predicted molar refractivity (Wildman–Crippen MR) is 70.4 cm³/mol. The molecule has 0 radical (unpaired) electrons. The van der Waals surface area contributed by atoms with E-state index in [0.717, 1.165) is 36.0 Å². The van der Waals surface area contributed by atoms with Gasteiger partial charge in [0.15, 0.2) is 0 Å². The fourth-order valence-corrected chi connectivity index (χ4v) is 2.52. The molecule has 0 aliphatic carbocycles. The zero-order chi connectivity index (χ0) is 12.4. The molecule has 18 heavy (non-hydrogen) atoms. The maximum Gasteiger partial charge on any atom is 0.0936 e. The van der Waals surface area contributed by atoms with Crippen molar-refractivity contribution in [3.05, 3.63) is 42.1 Å². The Morgan fingerprint density at radius 3 is 2.94 bits per heavy atom. The molecule has 1 fully saturated rings. The van der Waals surface area contributed by atoms with Crippen LogP contribution in [0, 0.1) is 0 Å². The van der Waals surface area contributed by atoms with Crippen molar-refractivity contribution in [3.8, 4) is 0 Å². The molecular formula is C15H17NO2. The van der Waals surface area contributed by atoms with Gasteiger partial charge in [-0.05, 0) is 25.0 Å². The number of pyridine rings is 1. The van der Waals surface area contributed by atoms with Gasteiger partial charge in [-0.2, -0.15) is 0 Å². The molecule has 0 spiro atoms. The lowest BCUT2D eigenvalue weighted by molar-refractivity contribution is -0.0849. The van der Waals surface area contributed by atoms with Gasteiger partial charge in [-0.25, -0.2) is 0 Å². The van der Waals surface area contributed by atoms with E-state index in [0.29, 0.717) is 13.0 Å². The number of ether oxygens (including phenoxy) is 1. The Balaban J connectivity index is 1.85. The number of fused-ring (bicyclic) bond motifs is 1. The van der Waals surface area contributed by atoms with Gasteiger partial charge in [0, 0.05) is 24.1 Å². The number of aromatic nitrogens is 1. The maximum atomic E-state index is 10.4. The fourth-order valence-electron chi connectivity index (χ4n) is 2.52. The van der Waals surface area contributed by atoms with Crippen molar-refractivity contribution < 1.29 is 9.84 Å². The summed E-state index contributed by atoms with van der Waals surface area (Å²) in [6, 6.07) is 12.1. The Labute approximate surface area is 106 Å². The van der Waals surface area contributed by atoms with Crippen molar-refractivity contribution in [1.29, 1.82) is 0 Å². The van der Waals surface area contributed by atoms with Crippen molar-refractivity contribution in [2.45, 2.75) is 24.9 Å². The third-order valence-corrected chi connectivity index (χ3v) is 3.47. The van der Waals surface area contributed by atoms with Crippen LogP contribution in [0.4, 0.5) is 0 Å². The first-order valence-corrected chi connectivity index (χ1v) is 6.40. The zero-order valence-electron chi connectivity index (χ0n) is 10.3. The van der Waals surface area contributed by atoms with Crippen molar-refractivity contribution in [3.63, 3.8) is 0 Å². The fraction of sp³-hybridized carbons (Fsp3) is 0.400. The minimum Gasteiger partial charge on any atom is -0.387 e. The summed E-state index contributed by atoms with van der Waals surface area (Å²) in [5.41, 5.74) is 1.17. The van der Waals surface area contributed by atoms with Crippen LogP contribution in [-0.4, -0.2) is 28.9 Å². The van der Waals surface area contributed by atoms with Gasteiger partial charge in [0.05, 0.1) is 17.7 Å². The van der Waals surface area contributed by atoms with Crippen molar-refractivity contribution >= 4 is 10.9 Å². The molecule has 3 nitrogen and oxygen atoms in total. The van der Waals surface area contributed by atoms with Crippen LogP contribution in [0.25, 0.3) is 10.9 Å². The molecule has 2 aromatic rings. The first-order chi connectivity index (χ1) is 8.75. The van der Waals surface area contributed by atoms with Gasteiger partial charge in [-0.15, -0.1) is 0 Å². The highest BCUT2D eigenvalue weighted by Crippen LogP contribution is 2.23. The molecule has 1 aliphatic rings. The molecule has 94 valence electrons. The van der Waals surface area contributed by atoms with E-state index in [4.69, 9.17) is 4.74 Å². The quantitative estimate of drug-likeness (QED) is 0.880. The van der Waals surface area contributed by atoms with E-state index in [-0.39, 0.29) is 0 Å². The monoisotopic (exact) mass is 243 g/mol. The molecule has 1 unspecified atom stereocenters. The Hall–Kier alpha value is -1.45. The van der Waals surface area contributed by atoms with Gasteiger partial charge < -0.3 is 9.84 Å². The highest BCUT2D eigenvalue weighted by Gasteiger charge is 2.30. The summed E-state index contributed by atoms with van der Waals surface area (Å²) in [6.45, 7) is 1.18. The predicted octanol–water partition coefficient (Wildman–Crippen LogP) is 2.32. The molecule has 2 heterocycles. The SMILES string of the molecule is OC1(Cc2ccc3ccccc3n2)CCCOC1. The summed E-state index contributed by atoms with van der Waals surface area (Å²) in [7, 11) is 0. The summed E-state index contributed by atoms with van der Waals surface area (Å²) in [4.78, 5) is 4.60. The van der Waals surface area contributed by atoms with Crippen LogP contribution in [0.3, 0.4) is 0 Å². The molecule has 1 saturated heterocycles. The number of nitrogens with zero attached hydrogens (tertiary/aromatic N) is 1. The van der Waals surface area contributed by atoms with E-state index in [1.165, 1.54) is 0 Å². The number of hydrogen-bond acceptors (Lipinski definition) is 3. The molecule has 1 aromatic heterocycles. The van der Waals surface area contributed by atoms with Crippen LogP contribution in [0.5, 0.6) is 0 Å². The van der Waals surface area contributed by atoms with Gasteiger partial charge in [0.25, 0.3) is 0 Å². The van der Waals surface area contributed by atoms with Gasteiger partial charge in [-0.3, -0.25) is 4.98 Å². The molecule has 0 bridgehead atoms. The number of benzene rings is 1. The van der Waals surface area contributed by atoms with Crippen LogP contribution < -0.4 is 0 Å². The molecule has 1 aromatic carbocycles. The summed E-state index contributed by atoms with van der Waals surface area (Å²) in [5, 5.41) is 11.6. The van der Waals surface area contributed by atoms with E-state index in [2.05, 4.69) is 11.1 Å². The second-order valence-corrected chi connectivity index (χ2v) is 5.05. The van der Waals surface area contributed by atoms with Crippen LogP contribution in [-0.2, 0) is 11.2 Å². The van der Waals surface area contributed by atoms with Crippen LogP contribution >= 0.6 is 0 Å². The molecule has 3 rings (SSSR count). The minimum absolute atomic E-state index is 0.418. The summed E-state index contributed by atoms with van der Waals surface area (Å²) >= 11 is 0. The van der Waals surface area contributed by atoms with Crippen molar-refractivity contribution in [2.24, 2.45) is 0 Å². The maximum absolute atomic E-state index is 10.4. The minimum atomic E-state index is -0.742. The van der Waals surface area contributed by atoms with Gasteiger partial charge in [0.2, 0.25) is 0 Å². The number of aliphatic hydroxyl groups is 1. The van der Waals surface area contributed by atoms with E-state index in [1.807, 2.05) is 30.3 Å². The van der Waals surface area contributed by atoms with E-state index < -0.39 is 5.60 Å². The largest absolute Gasteiger partial charge is 0.387 e. The lowest BCUT2D eigenvalue weighted by Gasteiger charge is -2.31. The number of para-hydroxylation sites is 1. The average Bonchev–Trinajstić information content (AvgIpc) is 2.39. The molecule has 0 amide bonds. The molecule has 3 heteroatoms. The second kappa shape index (κ2) is 4.67. The highest BCUT2D eigenvalue weighted by molar-refractivity contribution is 5.78. The normalized spacial score (nSPS) is 24.3. The molecular weight excluding hydrogens is 226 g/mol. The average molecular weight is 243 g/mol. The highest BCUT2D eigenvalue weighted by atomic mass is 16.5. The lowest BCUT2D eigenvalue weighted by atomic mass is 9.91. The van der Waals surface area contributed by atoms with E-state index in [1.54, 1.807) is 0 Å². The van der Waals surface area contributed by atoms with E-state index in [9.17, 15) is 5.11 Å². The smallest absolute Gasteiger partial charge is 0.0936 e. The van der Waals surface area contributed by atoms with Crippen LogP contribution in [0.15, 0.2) is 36.4 Å². The van der Waals surface area contributed by atoms with E-state index >= 15 is 0 Å².